The fourth-order valence-electron chi connectivity index (χ4n) is 4.73. The van der Waals surface area contributed by atoms with Gasteiger partial charge in [0.15, 0.2) is 0 Å². The van der Waals surface area contributed by atoms with Gasteiger partial charge in [-0.15, -0.1) is 0 Å². The van der Waals surface area contributed by atoms with Crippen LogP contribution in [0.2, 0.25) is 0 Å². The molecule has 182 valence electrons. The van der Waals surface area contributed by atoms with Crippen LogP contribution >= 0.6 is 0 Å². The van der Waals surface area contributed by atoms with Crippen molar-refractivity contribution in [2.45, 2.75) is 12.5 Å². The number of carbonyl (C=O) groups is 2. The molecule has 0 aliphatic carbocycles. The molecule has 1 amide bonds. The van der Waals surface area contributed by atoms with Crippen LogP contribution in [0.25, 0.3) is 16.7 Å². The highest BCUT2D eigenvalue weighted by atomic mass is 16.5. The molecule has 0 saturated carbocycles. The van der Waals surface area contributed by atoms with Gasteiger partial charge in [0.1, 0.15) is 17.3 Å². The molecule has 1 aliphatic heterocycles. The van der Waals surface area contributed by atoms with Crippen LogP contribution in [0.3, 0.4) is 0 Å². The molecule has 4 aromatic rings. The molecule has 3 aromatic carbocycles. The average molecular weight is 483 g/mol. The number of likely N-dealkylation sites (tertiary alicyclic amines) is 1. The summed E-state index contributed by atoms with van der Waals surface area (Å²) in [7, 11) is 3.18. The zero-order chi connectivity index (χ0) is 25.2. The number of hydrogen-bond donors (Lipinski definition) is 2. The van der Waals surface area contributed by atoms with E-state index in [1.165, 1.54) is 0 Å². The van der Waals surface area contributed by atoms with Crippen molar-refractivity contribution in [3.63, 3.8) is 0 Å². The predicted octanol–water partition coefficient (Wildman–Crippen LogP) is 4.85. The van der Waals surface area contributed by atoms with E-state index in [1.54, 1.807) is 43.4 Å². The molecule has 1 aromatic heterocycles. The molecule has 7 nitrogen and oxygen atoms in total. The Morgan fingerprint density at radius 1 is 0.944 bits per heavy atom. The third-order valence-electron chi connectivity index (χ3n) is 6.62. The van der Waals surface area contributed by atoms with E-state index in [2.05, 4.69) is 4.98 Å². The largest absolute Gasteiger partial charge is 0.507 e. The van der Waals surface area contributed by atoms with E-state index >= 15 is 0 Å². The summed E-state index contributed by atoms with van der Waals surface area (Å²) in [4.78, 5) is 31.3. The van der Waals surface area contributed by atoms with Crippen LogP contribution in [-0.4, -0.2) is 47.4 Å². The monoisotopic (exact) mass is 482 g/mol. The zero-order valence-corrected chi connectivity index (χ0v) is 20.0. The number of aromatic nitrogens is 1. The molecule has 2 heterocycles. The Labute approximate surface area is 208 Å². The van der Waals surface area contributed by atoms with Crippen LogP contribution < -0.4 is 9.47 Å². The first-order valence-electron chi connectivity index (χ1n) is 11.6. The molecule has 1 fully saturated rings. The summed E-state index contributed by atoms with van der Waals surface area (Å²) in [5.74, 6) is -0.159. The second kappa shape index (κ2) is 9.62. The van der Waals surface area contributed by atoms with Crippen LogP contribution in [0.15, 0.2) is 84.6 Å². The molecule has 7 heteroatoms. The van der Waals surface area contributed by atoms with Gasteiger partial charge in [-0.3, -0.25) is 9.59 Å². The highest BCUT2D eigenvalue weighted by molar-refractivity contribution is 6.46. The minimum absolute atomic E-state index is 0.0805. The summed E-state index contributed by atoms with van der Waals surface area (Å²) < 4.78 is 10.6. The number of benzene rings is 3. The normalized spacial score (nSPS) is 17.1. The van der Waals surface area contributed by atoms with Gasteiger partial charge in [-0.05, 0) is 60.0 Å². The van der Waals surface area contributed by atoms with E-state index in [0.29, 0.717) is 24.3 Å². The number of aromatic amines is 1. The van der Waals surface area contributed by atoms with Gasteiger partial charge in [-0.1, -0.05) is 30.3 Å². The number of fused-ring (bicyclic) bond motifs is 1. The topological polar surface area (TPSA) is 91.9 Å². The number of nitrogens with zero attached hydrogens (tertiary/aromatic N) is 1. The summed E-state index contributed by atoms with van der Waals surface area (Å²) in [6, 6.07) is 21.1. The highest BCUT2D eigenvalue weighted by Gasteiger charge is 2.45. The van der Waals surface area contributed by atoms with Gasteiger partial charge < -0.3 is 24.5 Å². The van der Waals surface area contributed by atoms with E-state index in [0.717, 1.165) is 27.8 Å². The molecule has 0 spiro atoms. The third-order valence-corrected chi connectivity index (χ3v) is 6.62. The maximum atomic E-state index is 13.2. The standard InChI is InChI=1S/C29H26N2O5/c1-35-21-10-8-19(9-11-21)27(32)25-26(18-6-4-3-5-7-18)31(29(34)28(25)33)15-14-20-17-30-24-13-12-22(36-2)16-23(20)24/h3-13,16-17,26,30,32H,14-15H2,1-2H3/t26-/m1/s1. The molecular formula is C29H26N2O5. The van der Waals surface area contributed by atoms with E-state index in [-0.39, 0.29) is 11.3 Å². The molecular weight excluding hydrogens is 456 g/mol. The molecule has 0 unspecified atom stereocenters. The van der Waals surface area contributed by atoms with Crippen molar-refractivity contribution < 1.29 is 24.2 Å². The maximum Gasteiger partial charge on any atom is 0.295 e. The van der Waals surface area contributed by atoms with Crippen molar-refractivity contribution in [2.24, 2.45) is 0 Å². The Morgan fingerprint density at radius 2 is 1.64 bits per heavy atom. The molecule has 1 saturated heterocycles. The number of H-pyrrole nitrogens is 1. The summed E-state index contributed by atoms with van der Waals surface area (Å²) >= 11 is 0. The van der Waals surface area contributed by atoms with Crippen molar-refractivity contribution in [1.82, 2.24) is 9.88 Å². The smallest absolute Gasteiger partial charge is 0.295 e. The van der Waals surface area contributed by atoms with Gasteiger partial charge >= 0.3 is 0 Å². The number of carbonyl (C=O) groups excluding carboxylic acids is 2. The van der Waals surface area contributed by atoms with Crippen LogP contribution in [0, 0.1) is 0 Å². The number of hydrogen-bond acceptors (Lipinski definition) is 5. The minimum atomic E-state index is -0.701. The second-order valence-corrected chi connectivity index (χ2v) is 8.61. The maximum absolute atomic E-state index is 13.2. The van der Waals surface area contributed by atoms with Gasteiger partial charge in [0.25, 0.3) is 11.7 Å². The summed E-state index contributed by atoms with van der Waals surface area (Å²) in [5, 5.41) is 12.2. The van der Waals surface area contributed by atoms with Crippen molar-refractivity contribution in [3.05, 3.63) is 101 Å². The average Bonchev–Trinajstić information content (AvgIpc) is 3.44. The highest BCUT2D eigenvalue weighted by Crippen LogP contribution is 2.39. The van der Waals surface area contributed by atoms with E-state index < -0.39 is 17.7 Å². The zero-order valence-electron chi connectivity index (χ0n) is 20.0. The first-order chi connectivity index (χ1) is 17.5. The fraction of sp³-hybridized carbons (Fsp3) is 0.172. The van der Waals surface area contributed by atoms with Crippen LogP contribution in [0.5, 0.6) is 11.5 Å². The molecule has 2 N–H and O–H groups in total. The molecule has 1 atom stereocenters. The lowest BCUT2D eigenvalue weighted by molar-refractivity contribution is -0.139. The minimum Gasteiger partial charge on any atom is -0.507 e. The number of methoxy groups -OCH3 is 2. The van der Waals surface area contributed by atoms with E-state index in [1.807, 2.05) is 54.7 Å². The van der Waals surface area contributed by atoms with Gasteiger partial charge in [0.05, 0.1) is 25.8 Å². The van der Waals surface area contributed by atoms with Gasteiger partial charge in [0, 0.05) is 29.2 Å². The SMILES string of the molecule is COc1ccc(C(O)=C2C(=O)C(=O)N(CCc3c[nH]c4ccc(OC)cc34)[C@@H]2c2ccccc2)cc1. The lowest BCUT2D eigenvalue weighted by atomic mass is 9.95. The Bertz CT molecular complexity index is 1450. The quantitative estimate of drug-likeness (QED) is 0.223. The second-order valence-electron chi connectivity index (χ2n) is 8.61. The Kier molecular flexibility index (Phi) is 6.21. The molecule has 0 bridgehead atoms. The first kappa shape index (κ1) is 23.2. The van der Waals surface area contributed by atoms with Gasteiger partial charge in [-0.25, -0.2) is 0 Å². The van der Waals surface area contributed by atoms with Crippen molar-refractivity contribution in [2.75, 3.05) is 20.8 Å². The van der Waals surface area contributed by atoms with Gasteiger partial charge in [-0.2, -0.15) is 0 Å². The van der Waals surface area contributed by atoms with Gasteiger partial charge in [0.2, 0.25) is 0 Å². The summed E-state index contributed by atoms with van der Waals surface area (Å²) in [5.41, 5.74) is 3.25. The number of amides is 1. The van der Waals surface area contributed by atoms with Crippen molar-refractivity contribution in [3.8, 4) is 11.5 Å². The Hall–Kier alpha value is -4.52. The van der Waals surface area contributed by atoms with Crippen molar-refractivity contribution >= 4 is 28.4 Å². The van der Waals surface area contributed by atoms with Crippen LogP contribution in [0.1, 0.15) is 22.7 Å². The molecule has 36 heavy (non-hydrogen) atoms. The number of nitrogens with one attached hydrogen (secondary N) is 1. The van der Waals surface area contributed by atoms with E-state index in [4.69, 9.17) is 9.47 Å². The molecule has 5 rings (SSSR count). The molecule has 0 radical (unpaired) electrons. The van der Waals surface area contributed by atoms with Crippen molar-refractivity contribution in [1.29, 1.82) is 0 Å². The van der Waals surface area contributed by atoms with Crippen LogP contribution in [0.4, 0.5) is 0 Å². The van der Waals surface area contributed by atoms with Crippen LogP contribution in [-0.2, 0) is 16.0 Å². The number of ketones is 1. The number of ether oxygens (including phenoxy) is 2. The Morgan fingerprint density at radius 3 is 2.33 bits per heavy atom. The number of aliphatic hydroxyl groups is 1. The lowest BCUT2D eigenvalue weighted by Crippen LogP contribution is -2.31. The number of Topliss-reactive ketones (excluding diaryl/α,β-unsaturated/α-hetero) is 1. The summed E-state index contributed by atoms with van der Waals surface area (Å²) in [6.07, 6.45) is 2.43. The Balaban J connectivity index is 1.53. The first-order valence-corrected chi connectivity index (χ1v) is 11.6. The predicted molar refractivity (Wildman–Crippen MR) is 137 cm³/mol. The molecule has 1 aliphatic rings. The summed E-state index contributed by atoms with van der Waals surface area (Å²) in [6.45, 7) is 0.299. The lowest BCUT2D eigenvalue weighted by Gasteiger charge is -2.25. The third kappa shape index (κ3) is 4.09. The number of rotatable bonds is 7. The number of aliphatic hydroxyl groups excluding tert-OH is 1. The van der Waals surface area contributed by atoms with E-state index in [9.17, 15) is 14.7 Å². The fourth-order valence-corrected chi connectivity index (χ4v) is 4.73.